The molecule has 0 aromatic carbocycles. The van der Waals surface area contributed by atoms with Crippen LogP contribution in [0, 0.1) is 0 Å². The summed E-state index contributed by atoms with van der Waals surface area (Å²) in [5.74, 6) is 0.973. The van der Waals surface area contributed by atoms with Gasteiger partial charge >= 0.3 is 0 Å². The van der Waals surface area contributed by atoms with Crippen LogP contribution in [0.3, 0.4) is 0 Å². The second-order valence-electron chi connectivity index (χ2n) is 5.99. The average Bonchev–Trinajstić information content (AvgIpc) is 2.55. The molecule has 6 nitrogen and oxygen atoms in total. The normalized spacial score (nSPS) is 21.1. The van der Waals surface area contributed by atoms with Crippen molar-refractivity contribution in [3.05, 3.63) is 0 Å². The number of likely N-dealkylation sites (tertiary alicyclic amines) is 1. The molecule has 0 atom stereocenters. The molecule has 0 saturated carbocycles. The highest BCUT2D eigenvalue weighted by atomic mass is 127. The Morgan fingerprint density at radius 3 is 2.61 bits per heavy atom. The average molecular weight is 441 g/mol. The Morgan fingerprint density at radius 2 is 1.96 bits per heavy atom. The minimum Gasteiger partial charge on any atom is -0.393 e. The molecule has 0 bridgehead atoms. The molecule has 0 aliphatic carbocycles. The predicted molar refractivity (Wildman–Crippen MR) is 103 cm³/mol. The second kappa shape index (κ2) is 12.3. The number of ether oxygens (including phenoxy) is 2. The Labute approximate surface area is 157 Å². The molecule has 2 aliphatic rings. The van der Waals surface area contributed by atoms with E-state index in [0.717, 1.165) is 84.1 Å². The van der Waals surface area contributed by atoms with Gasteiger partial charge in [-0.1, -0.05) is 0 Å². The van der Waals surface area contributed by atoms with Crippen molar-refractivity contribution in [2.45, 2.75) is 51.2 Å². The van der Waals surface area contributed by atoms with Crippen LogP contribution in [0.4, 0.5) is 0 Å². The van der Waals surface area contributed by atoms with Crippen molar-refractivity contribution in [3.8, 4) is 0 Å². The Hall–Kier alpha value is -0.120. The second-order valence-corrected chi connectivity index (χ2v) is 5.99. The zero-order valence-corrected chi connectivity index (χ0v) is 16.5. The minimum atomic E-state index is -0.146. The van der Waals surface area contributed by atoms with Crippen molar-refractivity contribution in [1.29, 1.82) is 0 Å². The van der Waals surface area contributed by atoms with Gasteiger partial charge in [-0.3, -0.25) is 4.99 Å². The molecule has 2 rings (SSSR count). The summed E-state index contributed by atoms with van der Waals surface area (Å²) in [5, 5.41) is 12.9. The van der Waals surface area contributed by atoms with E-state index in [-0.39, 0.29) is 30.1 Å². The van der Waals surface area contributed by atoms with E-state index >= 15 is 0 Å². The van der Waals surface area contributed by atoms with Gasteiger partial charge in [-0.15, -0.1) is 24.0 Å². The number of halogens is 1. The molecule has 0 spiro atoms. The van der Waals surface area contributed by atoms with Gasteiger partial charge in [0.2, 0.25) is 0 Å². The number of guanidine groups is 1. The van der Waals surface area contributed by atoms with Crippen molar-refractivity contribution in [2.24, 2.45) is 4.99 Å². The van der Waals surface area contributed by atoms with Crippen molar-refractivity contribution in [3.63, 3.8) is 0 Å². The maximum absolute atomic E-state index is 9.60. The third kappa shape index (κ3) is 8.00. The quantitative estimate of drug-likeness (QED) is 0.284. The third-order valence-electron chi connectivity index (χ3n) is 4.18. The van der Waals surface area contributed by atoms with Crippen LogP contribution in [0.15, 0.2) is 4.99 Å². The fraction of sp³-hybridized carbons (Fsp3) is 0.938. The molecular formula is C16H32IN3O3. The van der Waals surface area contributed by atoms with E-state index in [1.165, 1.54) is 0 Å². The lowest BCUT2D eigenvalue weighted by Gasteiger charge is -2.32. The lowest BCUT2D eigenvalue weighted by atomic mass is 10.1. The summed E-state index contributed by atoms with van der Waals surface area (Å²) in [5.41, 5.74) is 0. The molecule has 0 radical (unpaired) electrons. The first-order valence-electron chi connectivity index (χ1n) is 8.70. The number of hydrogen-bond donors (Lipinski definition) is 2. The molecule has 136 valence electrons. The number of hydrogen-bond acceptors (Lipinski definition) is 4. The Balaban J connectivity index is 0.00000264. The van der Waals surface area contributed by atoms with Crippen molar-refractivity contribution in [1.82, 2.24) is 10.2 Å². The first-order chi connectivity index (χ1) is 10.8. The molecule has 0 aromatic rings. The molecule has 0 unspecified atom stereocenters. The van der Waals surface area contributed by atoms with E-state index in [1.807, 2.05) is 0 Å². The summed E-state index contributed by atoms with van der Waals surface area (Å²) in [7, 11) is 0. The van der Waals surface area contributed by atoms with Gasteiger partial charge in [-0.05, 0) is 39.0 Å². The van der Waals surface area contributed by atoms with Crippen LogP contribution in [0.25, 0.3) is 0 Å². The first kappa shape index (κ1) is 20.9. The van der Waals surface area contributed by atoms with Gasteiger partial charge in [-0.25, -0.2) is 0 Å². The van der Waals surface area contributed by atoms with E-state index < -0.39 is 0 Å². The molecule has 7 heteroatoms. The highest BCUT2D eigenvalue weighted by Crippen LogP contribution is 2.11. The summed E-state index contributed by atoms with van der Waals surface area (Å²) >= 11 is 0. The number of rotatable bonds is 6. The van der Waals surface area contributed by atoms with Gasteiger partial charge < -0.3 is 24.8 Å². The van der Waals surface area contributed by atoms with Crippen LogP contribution in [-0.4, -0.2) is 74.2 Å². The Kier molecular flexibility index (Phi) is 11.2. The van der Waals surface area contributed by atoms with E-state index in [1.54, 1.807) is 0 Å². The van der Waals surface area contributed by atoms with Crippen molar-refractivity contribution < 1.29 is 14.6 Å². The van der Waals surface area contributed by atoms with E-state index in [9.17, 15) is 5.11 Å². The van der Waals surface area contributed by atoms with Gasteiger partial charge in [0, 0.05) is 46.0 Å². The van der Waals surface area contributed by atoms with Crippen LogP contribution < -0.4 is 5.32 Å². The van der Waals surface area contributed by atoms with Crippen molar-refractivity contribution >= 4 is 29.9 Å². The predicted octanol–water partition coefficient (Wildman–Crippen LogP) is 1.61. The van der Waals surface area contributed by atoms with Gasteiger partial charge in [-0.2, -0.15) is 0 Å². The van der Waals surface area contributed by atoms with Crippen LogP contribution in [-0.2, 0) is 9.47 Å². The highest BCUT2D eigenvalue weighted by molar-refractivity contribution is 14.0. The molecule has 0 amide bonds. The molecule has 2 saturated heterocycles. The number of piperidine rings is 1. The van der Waals surface area contributed by atoms with Gasteiger partial charge in [0.15, 0.2) is 5.96 Å². The van der Waals surface area contributed by atoms with Gasteiger partial charge in [0.05, 0.1) is 12.2 Å². The summed E-state index contributed by atoms with van der Waals surface area (Å²) in [4.78, 5) is 6.94. The van der Waals surface area contributed by atoms with Crippen LogP contribution in [0.2, 0.25) is 0 Å². The molecule has 23 heavy (non-hydrogen) atoms. The fourth-order valence-corrected chi connectivity index (χ4v) is 2.85. The minimum absolute atomic E-state index is 0. The topological polar surface area (TPSA) is 66.3 Å². The fourth-order valence-electron chi connectivity index (χ4n) is 2.85. The number of nitrogens with zero attached hydrogens (tertiary/aromatic N) is 2. The summed E-state index contributed by atoms with van der Waals surface area (Å²) in [6.45, 7) is 7.93. The van der Waals surface area contributed by atoms with Crippen LogP contribution >= 0.6 is 24.0 Å². The van der Waals surface area contributed by atoms with E-state index in [4.69, 9.17) is 9.47 Å². The summed E-state index contributed by atoms with van der Waals surface area (Å²) in [6, 6.07) is 0. The maximum Gasteiger partial charge on any atom is 0.193 e. The van der Waals surface area contributed by atoms with Crippen LogP contribution in [0.1, 0.15) is 39.0 Å². The summed E-state index contributed by atoms with van der Waals surface area (Å²) < 4.78 is 11.2. The number of aliphatic hydroxyl groups is 1. The number of nitrogens with one attached hydrogen (secondary N) is 1. The van der Waals surface area contributed by atoms with Crippen molar-refractivity contribution in [2.75, 3.05) is 46.0 Å². The molecular weight excluding hydrogens is 409 g/mol. The largest absolute Gasteiger partial charge is 0.393 e. The SMILES string of the molecule is CCNC(=NCCCOC1CCOCC1)N1CCC(O)CC1.I. The van der Waals surface area contributed by atoms with Gasteiger partial charge in [0.1, 0.15) is 0 Å². The van der Waals surface area contributed by atoms with Gasteiger partial charge in [0.25, 0.3) is 0 Å². The first-order valence-corrected chi connectivity index (χ1v) is 8.70. The lowest BCUT2D eigenvalue weighted by Crippen LogP contribution is -2.46. The number of aliphatic imine (C=N–C) groups is 1. The Morgan fingerprint density at radius 1 is 1.26 bits per heavy atom. The zero-order chi connectivity index (χ0) is 15.6. The standard InChI is InChI=1S/C16H31N3O3.HI/c1-2-17-16(19-9-4-14(20)5-10-19)18-8-3-11-22-15-6-12-21-13-7-15;/h14-15,20H,2-13H2,1H3,(H,17,18);1H. The van der Waals surface area contributed by atoms with E-state index in [2.05, 4.69) is 22.1 Å². The monoisotopic (exact) mass is 441 g/mol. The molecule has 0 aromatic heterocycles. The molecule has 2 heterocycles. The number of aliphatic hydroxyl groups excluding tert-OH is 1. The van der Waals surface area contributed by atoms with E-state index in [0.29, 0.717) is 6.10 Å². The third-order valence-corrected chi connectivity index (χ3v) is 4.18. The smallest absolute Gasteiger partial charge is 0.193 e. The highest BCUT2D eigenvalue weighted by Gasteiger charge is 2.19. The molecule has 2 aliphatic heterocycles. The molecule has 2 N–H and O–H groups in total. The Bertz CT molecular complexity index is 331. The maximum atomic E-state index is 9.60. The van der Waals surface area contributed by atoms with Crippen LogP contribution in [0.5, 0.6) is 0 Å². The lowest BCUT2D eigenvalue weighted by molar-refractivity contribution is -0.0318. The zero-order valence-electron chi connectivity index (χ0n) is 14.2. The summed E-state index contributed by atoms with van der Waals surface area (Å²) in [6.07, 6.45) is 4.86. The molecule has 2 fully saturated rings.